The maximum Gasteiger partial charge on any atom is 0.317 e. The molecule has 3 rings (SSSR count). The van der Waals surface area contributed by atoms with Crippen LogP contribution in [0.3, 0.4) is 0 Å². The topological polar surface area (TPSA) is 55.8 Å². The van der Waals surface area contributed by atoms with E-state index in [1.165, 1.54) is 32.1 Å². The average molecular weight is 309 g/mol. The molecule has 22 heavy (non-hydrogen) atoms. The number of nitrogens with zero attached hydrogens (tertiary/aromatic N) is 2. The molecule has 0 bridgehead atoms. The first-order valence-electron chi connectivity index (χ1n) is 9.20. The molecule has 5 heteroatoms. The molecule has 1 saturated heterocycles. The smallest absolute Gasteiger partial charge is 0.317 e. The minimum atomic E-state index is 0.0349. The summed E-state index contributed by atoms with van der Waals surface area (Å²) in [4.78, 5) is 16.8. The maximum atomic E-state index is 12.4. The molecule has 2 N–H and O–H groups in total. The van der Waals surface area contributed by atoms with E-state index in [0.29, 0.717) is 18.6 Å². The highest BCUT2D eigenvalue weighted by atomic mass is 16.3. The van der Waals surface area contributed by atoms with E-state index in [4.69, 9.17) is 5.11 Å². The summed E-state index contributed by atoms with van der Waals surface area (Å²) in [6.07, 6.45) is 11.2. The lowest BCUT2D eigenvalue weighted by Crippen LogP contribution is -2.52. The van der Waals surface area contributed by atoms with Crippen molar-refractivity contribution < 1.29 is 9.90 Å². The van der Waals surface area contributed by atoms with Gasteiger partial charge in [0.05, 0.1) is 6.61 Å². The Bertz CT molecular complexity index is 359. The average Bonchev–Trinajstić information content (AvgIpc) is 3.39. The van der Waals surface area contributed by atoms with E-state index in [1.807, 2.05) is 4.90 Å². The monoisotopic (exact) mass is 309 g/mol. The first-order chi connectivity index (χ1) is 10.8. The van der Waals surface area contributed by atoms with Crippen LogP contribution in [0.4, 0.5) is 4.79 Å². The second-order valence-electron chi connectivity index (χ2n) is 7.20. The summed E-state index contributed by atoms with van der Waals surface area (Å²) in [5.74, 6) is 0. The molecule has 0 atom stereocenters. The molecule has 5 nitrogen and oxygen atoms in total. The summed E-state index contributed by atoms with van der Waals surface area (Å²) in [5, 5.41) is 12.3. The Hall–Kier alpha value is -0.810. The largest absolute Gasteiger partial charge is 0.395 e. The highest BCUT2D eigenvalue weighted by molar-refractivity contribution is 5.75. The number of piperidine rings is 1. The van der Waals surface area contributed by atoms with Crippen LogP contribution < -0.4 is 5.32 Å². The number of aliphatic hydroxyl groups excluding tert-OH is 1. The Labute approximate surface area is 134 Å². The molecule has 0 unspecified atom stereocenters. The predicted molar refractivity (Wildman–Crippen MR) is 86.8 cm³/mol. The van der Waals surface area contributed by atoms with Crippen LogP contribution >= 0.6 is 0 Å². The Balaban J connectivity index is 1.42. The van der Waals surface area contributed by atoms with Gasteiger partial charge in [0.15, 0.2) is 0 Å². The van der Waals surface area contributed by atoms with Gasteiger partial charge in [0.25, 0.3) is 0 Å². The lowest BCUT2D eigenvalue weighted by Gasteiger charge is -2.39. The van der Waals surface area contributed by atoms with Crippen LogP contribution in [0.25, 0.3) is 0 Å². The Morgan fingerprint density at radius 1 is 1.05 bits per heavy atom. The van der Waals surface area contributed by atoms with Crippen LogP contribution in [0.2, 0.25) is 0 Å². The lowest BCUT2D eigenvalue weighted by atomic mass is 9.92. The van der Waals surface area contributed by atoms with Crippen molar-refractivity contribution in [2.45, 2.75) is 75.9 Å². The maximum absolute atomic E-state index is 12.4. The van der Waals surface area contributed by atoms with Crippen LogP contribution in [-0.2, 0) is 0 Å². The molecule has 0 radical (unpaired) electrons. The number of amides is 2. The first kappa shape index (κ1) is 16.1. The van der Waals surface area contributed by atoms with Crippen LogP contribution in [-0.4, -0.2) is 65.3 Å². The molecule has 0 spiro atoms. The van der Waals surface area contributed by atoms with Crippen molar-refractivity contribution in [3.05, 3.63) is 0 Å². The number of nitrogens with one attached hydrogen (secondary N) is 1. The van der Waals surface area contributed by atoms with E-state index in [1.54, 1.807) is 0 Å². The van der Waals surface area contributed by atoms with Crippen LogP contribution in [0.15, 0.2) is 0 Å². The Morgan fingerprint density at radius 3 is 2.32 bits per heavy atom. The number of rotatable bonds is 5. The molecule has 2 amide bonds. The molecule has 1 aliphatic heterocycles. The van der Waals surface area contributed by atoms with Gasteiger partial charge in [-0.05, 0) is 38.5 Å². The predicted octanol–water partition coefficient (Wildman–Crippen LogP) is 1.95. The van der Waals surface area contributed by atoms with Gasteiger partial charge in [-0.1, -0.05) is 19.3 Å². The van der Waals surface area contributed by atoms with Gasteiger partial charge < -0.3 is 20.2 Å². The van der Waals surface area contributed by atoms with E-state index in [9.17, 15) is 4.79 Å². The second-order valence-corrected chi connectivity index (χ2v) is 7.20. The van der Waals surface area contributed by atoms with Gasteiger partial charge in [-0.2, -0.15) is 0 Å². The zero-order valence-electron chi connectivity index (χ0n) is 13.7. The van der Waals surface area contributed by atoms with Crippen LogP contribution in [0, 0.1) is 0 Å². The fraction of sp³-hybridized carbons (Fsp3) is 0.941. The normalized spacial score (nSPS) is 25.1. The number of urea groups is 1. The van der Waals surface area contributed by atoms with Gasteiger partial charge in [0, 0.05) is 37.8 Å². The summed E-state index contributed by atoms with van der Waals surface area (Å²) in [7, 11) is 0. The highest BCUT2D eigenvalue weighted by Gasteiger charge is 2.34. The van der Waals surface area contributed by atoms with Crippen molar-refractivity contribution in [1.29, 1.82) is 0 Å². The van der Waals surface area contributed by atoms with E-state index in [2.05, 4.69) is 10.2 Å². The molecule has 3 fully saturated rings. The SMILES string of the molecule is O=C(NC1CCN(C2CCCCC2)CC1)N(CCO)C1CC1. The Kier molecular flexibility index (Phi) is 5.58. The highest BCUT2D eigenvalue weighted by Crippen LogP contribution is 2.27. The van der Waals surface area contributed by atoms with Gasteiger partial charge >= 0.3 is 6.03 Å². The van der Waals surface area contributed by atoms with Crippen molar-refractivity contribution in [1.82, 2.24) is 15.1 Å². The van der Waals surface area contributed by atoms with Crippen molar-refractivity contribution >= 4 is 6.03 Å². The molecule has 1 heterocycles. The fourth-order valence-corrected chi connectivity index (χ4v) is 4.06. The third kappa shape index (κ3) is 4.13. The van der Waals surface area contributed by atoms with E-state index >= 15 is 0 Å². The molecule has 2 saturated carbocycles. The molecular weight excluding hydrogens is 278 g/mol. The van der Waals surface area contributed by atoms with E-state index < -0.39 is 0 Å². The van der Waals surface area contributed by atoms with Gasteiger partial charge in [0.2, 0.25) is 0 Å². The Morgan fingerprint density at radius 2 is 1.73 bits per heavy atom. The van der Waals surface area contributed by atoms with Gasteiger partial charge in [-0.15, -0.1) is 0 Å². The van der Waals surface area contributed by atoms with Gasteiger partial charge in [-0.25, -0.2) is 4.79 Å². The summed E-state index contributed by atoms with van der Waals surface area (Å²) < 4.78 is 0. The third-order valence-electron chi connectivity index (χ3n) is 5.54. The first-order valence-corrected chi connectivity index (χ1v) is 9.20. The van der Waals surface area contributed by atoms with E-state index in [-0.39, 0.29) is 12.6 Å². The number of aliphatic hydroxyl groups is 1. The zero-order valence-corrected chi connectivity index (χ0v) is 13.7. The second kappa shape index (κ2) is 7.64. The summed E-state index contributed by atoms with van der Waals surface area (Å²) in [6.45, 7) is 2.78. The molecule has 3 aliphatic rings. The zero-order chi connectivity index (χ0) is 15.4. The van der Waals surface area contributed by atoms with Gasteiger partial charge in [0.1, 0.15) is 0 Å². The van der Waals surface area contributed by atoms with Crippen molar-refractivity contribution in [2.75, 3.05) is 26.2 Å². The van der Waals surface area contributed by atoms with Crippen molar-refractivity contribution in [3.8, 4) is 0 Å². The van der Waals surface area contributed by atoms with Crippen molar-refractivity contribution in [3.63, 3.8) is 0 Å². The molecular formula is C17H31N3O2. The van der Waals surface area contributed by atoms with Crippen molar-refractivity contribution in [2.24, 2.45) is 0 Å². The summed E-state index contributed by atoms with van der Waals surface area (Å²) in [5.41, 5.74) is 0. The van der Waals surface area contributed by atoms with E-state index in [0.717, 1.165) is 44.8 Å². The summed E-state index contributed by atoms with van der Waals surface area (Å²) in [6, 6.07) is 1.51. The molecule has 126 valence electrons. The number of carbonyl (C=O) groups is 1. The number of likely N-dealkylation sites (tertiary alicyclic amines) is 1. The number of hydrogen-bond donors (Lipinski definition) is 2. The molecule has 0 aromatic carbocycles. The minimum Gasteiger partial charge on any atom is -0.395 e. The van der Waals surface area contributed by atoms with Crippen LogP contribution in [0.5, 0.6) is 0 Å². The molecule has 2 aliphatic carbocycles. The minimum absolute atomic E-state index is 0.0349. The third-order valence-corrected chi connectivity index (χ3v) is 5.54. The number of hydrogen-bond acceptors (Lipinski definition) is 3. The molecule has 0 aromatic heterocycles. The standard InChI is InChI=1S/C17H31N3O2/c21-13-12-20(16-6-7-16)17(22)18-14-8-10-19(11-9-14)15-4-2-1-3-5-15/h14-16,21H,1-13H2,(H,18,22). The lowest BCUT2D eigenvalue weighted by molar-refractivity contribution is 0.113. The quantitative estimate of drug-likeness (QED) is 0.816. The van der Waals surface area contributed by atoms with Crippen LogP contribution in [0.1, 0.15) is 57.8 Å². The van der Waals surface area contributed by atoms with Gasteiger partial charge in [-0.3, -0.25) is 0 Å². The molecule has 0 aromatic rings. The summed E-state index contributed by atoms with van der Waals surface area (Å²) >= 11 is 0. The fourth-order valence-electron chi connectivity index (χ4n) is 4.06. The number of carbonyl (C=O) groups excluding carboxylic acids is 1.